The van der Waals surface area contributed by atoms with E-state index in [9.17, 15) is 18.8 Å². The van der Waals surface area contributed by atoms with E-state index in [0.29, 0.717) is 24.7 Å². The molecule has 2 heterocycles. The van der Waals surface area contributed by atoms with E-state index in [-0.39, 0.29) is 42.3 Å². The van der Waals surface area contributed by atoms with Crippen molar-refractivity contribution < 1.29 is 37.7 Å². The van der Waals surface area contributed by atoms with Crippen molar-refractivity contribution in [1.82, 2.24) is 4.90 Å². The van der Waals surface area contributed by atoms with Crippen LogP contribution >= 0.6 is 0 Å². The van der Waals surface area contributed by atoms with Gasteiger partial charge in [-0.05, 0) is 63.1 Å². The van der Waals surface area contributed by atoms with Crippen molar-refractivity contribution in [3.8, 4) is 11.5 Å². The summed E-state index contributed by atoms with van der Waals surface area (Å²) in [6.45, 7) is 5.89. The van der Waals surface area contributed by atoms with Gasteiger partial charge in [0.1, 0.15) is 11.4 Å². The number of likely N-dealkylation sites (tertiary alicyclic amines) is 1. The molecule has 2 amide bonds. The molecule has 9 nitrogen and oxygen atoms in total. The second-order valence-electron chi connectivity index (χ2n) is 10.4. The first-order valence-corrected chi connectivity index (χ1v) is 12.6. The Balaban J connectivity index is 1.36. The van der Waals surface area contributed by atoms with Gasteiger partial charge in [0.05, 0.1) is 25.8 Å². The minimum Gasteiger partial charge on any atom is -0.493 e. The van der Waals surface area contributed by atoms with Gasteiger partial charge < -0.3 is 29.2 Å². The van der Waals surface area contributed by atoms with Crippen LogP contribution in [0.5, 0.6) is 11.5 Å². The van der Waals surface area contributed by atoms with Gasteiger partial charge in [-0.1, -0.05) is 6.07 Å². The number of anilines is 1. The third-order valence-electron chi connectivity index (χ3n) is 6.23. The molecular weight excluding hydrogens is 495 g/mol. The smallest absolute Gasteiger partial charge is 0.341 e. The first kappa shape index (κ1) is 27.4. The minimum absolute atomic E-state index is 0.126. The molecule has 2 fully saturated rings. The van der Waals surface area contributed by atoms with Gasteiger partial charge in [-0.15, -0.1) is 0 Å². The van der Waals surface area contributed by atoms with Gasteiger partial charge in [-0.25, -0.2) is 9.18 Å². The lowest BCUT2D eigenvalue weighted by atomic mass is 9.98. The molecule has 2 aliphatic rings. The fraction of sp³-hybridized carbons (Fsp3) is 0.464. The fourth-order valence-corrected chi connectivity index (χ4v) is 4.44. The molecule has 204 valence electrons. The minimum atomic E-state index is -0.810. The molecule has 0 saturated carbocycles. The van der Waals surface area contributed by atoms with E-state index in [1.54, 1.807) is 33.9 Å². The summed E-state index contributed by atoms with van der Waals surface area (Å²) in [4.78, 5) is 38.9. The number of carbonyl (C=O) groups excluding carboxylic acids is 3. The number of methoxy groups -OCH3 is 1. The second kappa shape index (κ2) is 11.4. The molecule has 1 N–H and O–H groups in total. The number of amides is 2. The zero-order chi connectivity index (χ0) is 27.4. The van der Waals surface area contributed by atoms with Crippen molar-refractivity contribution in [2.45, 2.75) is 57.8 Å². The van der Waals surface area contributed by atoms with E-state index in [4.69, 9.17) is 18.9 Å². The van der Waals surface area contributed by atoms with Crippen LogP contribution in [-0.2, 0) is 19.1 Å². The molecule has 10 heteroatoms. The topological polar surface area (TPSA) is 103 Å². The summed E-state index contributed by atoms with van der Waals surface area (Å²) in [6.07, 6.45) is 1.65. The number of hydrogen-bond acceptors (Lipinski definition) is 7. The van der Waals surface area contributed by atoms with Gasteiger partial charge >= 0.3 is 5.97 Å². The van der Waals surface area contributed by atoms with Crippen LogP contribution in [0.1, 0.15) is 61.9 Å². The quantitative estimate of drug-likeness (QED) is 0.511. The summed E-state index contributed by atoms with van der Waals surface area (Å²) in [5, 5.41) is 2.59. The van der Waals surface area contributed by atoms with Crippen molar-refractivity contribution in [2.75, 3.05) is 32.1 Å². The highest BCUT2D eigenvalue weighted by molar-refractivity contribution is 5.96. The van der Waals surface area contributed by atoms with Crippen LogP contribution in [0.4, 0.5) is 10.1 Å². The lowest BCUT2D eigenvalue weighted by Gasteiger charge is -2.20. The van der Waals surface area contributed by atoms with Gasteiger partial charge in [-0.2, -0.15) is 0 Å². The molecule has 0 spiro atoms. The predicted octanol–water partition coefficient (Wildman–Crippen LogP) is 4.26. The second-order valence-corrected chi connectivity index (χ2v) is 10.4. The summed E-state index contributed by atoms with van der Waals surface area (Å²) in [7, 11) is 1.56. The van der Waals surface area contributed by atoms with Crippen LogP contribution in [0.15, 0.2) is 36.4 Å². The Bertz CT molecular complexity index is 1200. The molecule has 2 aromatic carbocycles. The van der Waals surface area contributed by atoms with E-state index in [2.05, 4.69) is 5.32 Å². The average molecular weight is 529 g/mol. The maximum atomic E-state index is 14.5. The first-order valence-electron chi connectivity index (χ1n) is 12.6. The van der Waals surface area contributed by atoms with Gasteiger partial charge in [-0.3, -0.25) is 9.59 Å². The maximum absolute atomic E-state index is 14.5. The molecule has 0 aromatic heterocycles. The molecule has 1 unspecified atom stereocenters. The largest absolute Gasteiger partial charge is 0.493 e. The van der Waals surface area contributed by atoms with Crippen LogP contribution in [0.3, 0.4) is 0 Å². The molecule has 2 aliphatic heterocycles. The van der Waals surface area contributed by atoms with Crippen molar-refractivity contribution in [3.63, 3.8) is 0 Å². The lowest BCUT2D eigenvalue weighted by Crippen LogP contribution is -2.34. The Labute approximate surface area is 221 Å². The van der Waals surface area contributed by atoms with Crippen molar-refractivity contribution in [1.29, 1.82) is 0 Å². The van der Waals surface area contributed by atoms with Gasteiger partial charge in [0, 0.05) is 31.0 Å². The highest BCUT2D eigenvalue weighted by atomic mass is 19.1. The number of halogens is 1. The Hall–Kier alpha value is -3.66. The van der Waals surface area contributed by atoms with Crippen LogP contribution in [0, 0.1) is 5.82 Å². The molecule has 0 radical (unpaired) electrons. The SMILES string of the molecule is COc1ccc([C@@H]2CC(=O)N(CC(=O)Nc3ccc(C(=O)OC(C)(C)C)c(F)c3)C2)cc1OC1CCCO1. The van der Waals surface area contributed by atoms with Crippen LogP contribution in [-0.4, -0.2) is 61.4 Å². The number of hydrogen-bond donors (Lipinski definition) is 1. The highest BCUT2D eigenvalue weighted by Gasteiger charge is 2.33. The normalized spacial score (nSPS) is 19.4. The first-order chi connectivity index (χ1) is 18.0. The number of nitrogens with one attached hydrogen (secondary N) is 1. The lowest BCUT2D eigenvalue weighted by molar-refractivity contribution is -0.131. The van der Waals surface area contributed by atoms with Crippen molar-refractivity contribution >= 4 is 23.5 Å². The zero-order valence-corrected chi connectivity index (χ0v) is 22.0. The summed E-state index contributed by atoms with van der Waals surface area (Å²) in [5.41, 5.74) is 0.0863. The van der Waals surface area contributed by atoms with E-state index in [0.717, 1.165) is 24.5 Å². The van der Waals surface area contributed by atoms with Gasteiger partial charge in [0.15, 0.2) is 17.8 Å². The number of ether oxygens (including phenoxy) is 4. The van der Waals surface area contributed by atoms with E-state index < -0.39 is 23.3 Å². The van der Waals surface area contributed by atoms with Crippen LogP contribution < -0.4 is 14.8 Å². The monoisotopic (exact) mass is 528 g/mol. The third kappa shape index (κ3) is 6.80. The maximum Gasteiger partial charge on any atom is 0.341 e. The molecule has 2 atom stereocenters. The molecule has 0 bridgehead atoms. The Morgan fingerprint density at radius 1 is 1.16 bits per heavy atom. The summed E-state index contributed by atoms with van der Waals surface area (Å²) >= 11 is 0. The Morgan fingerprint density at radius 3 is 2.61 bits per heavy atom. The van der Waals surface area contributed by atoms with Crippen LogP contribution in [0.2, 0.25) is 0 Å². The van der Waals surface area contributed by atoms with E-state index in [1.165, 1.54) is 17.0 Å². The van der Waals surface area contributed by atoms with E-state index >= 15 is 0 Å². The van der Waals surface area contributed by atoms with Gasteiger partial charge in [0.25, 0.3) is 0 Å². The molecule has 2 aromatic rings. The summed E-state index contributed by atoms with van der Waals surface area (Å²) in [5.74, 6) is -1.22. The molecule has 38 heavy (non-hydrogen) atoms. The molecule has 2 saturated heterocycles. The Morgan fingerprint density at radius 2 is 1.95 bits per heavy atom. The average Bonchev–Trinajstić information content (AvgIpc) is 3.47. The fourth-order valence-electron chi connectivity index (χ4n) is 4.44. The van der Waals surface area contributed by atoms with Gasteiger partial charge in [0.2, 0.25) is 11.8 Å². The zero-order valence-electron chi connectivity index (χ0n) is 22.0. The van der Waals surface area contributed by atoms with Crippen LogP contribution in [0.25, 0.3) is 0 Å². The highest BCUT2D eigenvalue weighted by Crippen LogP contribution is 2.36. The summed E-state index contributed by atoms with van der Waals surface area (Å²) < 4.78 is 36.6. The van der Waals surface area contributed by atoms with Crippen molar-refractivity contribution in [2.24, 2.45) is 0 Å². The summed E-state index contributed by atoms with van der Waals surface area (Å²) in [6, 6.07) is 9.28. The number of esters is 1. The standard InChI is InChI=1S/C28H33FN2O7/c1-28(2,3)38-27(34)20-9-8-19(14-21(20)29)30-24(32)16-31-15-18(13-25(31)33)17-7-10-22(35-4)23(12-17)37-26-6-5-11-36-26/h7-10,12,14,18,26H,5-6,11,13,15-16H2,1-4H3,(H,30,32)/t18-,26?/m1/s1. The number of nitrogens with zero attached hydrogens (tertiary/aromatic N) is 1. The predicted molar refractivity (Wildman–Crippen MR) is 137 cm³/mol. The molecular formula is C28H33FN2O7. The molecule has 4 rings (SSSR count). The molecule has 0 aliphatic carbocycles. The Kier molecular flexibility index (Phi) is 8.20. The van der Waals surface area contributed by atoms with Crippen molar-refractivity contribution in [3.05, 3.63) is 53.3 Å². The number of rotatable bonds is 8. The van der Waals surface area contributed by atoms with E-state index in [1.807, 2.05) is 12.1 Å². The third-order valence-corrected chi connectivity index (χ3v) is 6.23. The number of benzene rings is 2. The number of carbonyl (C=O) groups is 3.